The van der Waals surface area contributed by atoms with E-state index in [4.69, 9.17) is 16.3 Å². The maximum atomic E-state index is 13.7. The normalized spacial score (nSPS) is 23.3. The number of hydrogen-bond acceptors (Lipinski definition) is 4. The topological polar surface area (TPSA) is 64.4 Å². The van der Waals surface area contributed by atoms with Crippen LogP contribution in [0.2, 0.25) is 5.15 Å². The van der Waals surface area contributed by atoms with Crippen LogP contribution in [0.1, 0.15) is 59.3 Å². The van der Waals surface area contributed by atoms with Crippen molar-refractivity contribution in [3.63, 3.8) is 0 Å². The van der Waals surface area contributed by atoms with Crippen LogP contribution in [-0.2, 0) is 16.1 Å². The molecule has 0 spiro atoms. The number of aromatic nitrogens is 2. The molecule has 0 radical (unpaired) electrons. The number of aryl methyl sites for hydroxylation is 2. The Morgan fingerprint density at radius 1 is 1.17 bits per heavy atom. The van der Waals surface area contributed by atoms with Crippen LogP contribution in [0.15, 0.2) is 24.3 Å². The zero-order valence-electron chi connectivity index (χ0n) is 17.7. The van der Waals surface area contributed by atoms with Gasteiger partial charge in [0, 0.05) is 6.04 Å². The third kappa shape index (κ3) is 3.73. The fourth-order valence-corrected chi connectivity index (χ4v) is 5.31. The number of likely N-dealkylation sites (tertiary alicyclic amines) is 1. The van der Waals surface area contributed by atoms with Crippen LogP contribution < -0.4 is 0 Å². The predicted molar refractivity (Wildman–Crippen MR) is 115 cm³/mol. The molecule has 2 heterocycles. The van der Waals surface area contributed by atoms with Crippen molar-refractivity contribution in [1.82, 2.24) is 14.7 Å². The third-order valence-corrected chi connectivity index (χ3v) is 6.91. The minimum Gasteiger partial charge on any atom is -0.467 e. The summed E-state index contributed by atoms with van der Waals surface area (Å²) in [6, 6.07) is 7.66. The molecule has 7 heteroatoms. The highest BCUT2D eigenvalue weighted by atomic mass is 35.5. The second-order valence-electron chi connectivity index (χ2n) is 8.49. The summed E-state index contributed by atoms with van der Waals surface area (Å²) in [6.45, 7) is 4.32. The van der Waals surface area contributed by atoms with E-state index in [9.17, 15) is 9.59 Å². The van der Waals surface area contributed by atoms with Crippen LogP contribution in [0, 0.1) is 19.8 Å². The molecule has 1 aliphatic heterocycles. The maximum Gasteiger partial charge on any atom is 0.328 e. The van der Waals surface area contributed by atoms with Gasteiger partial charge < -0.3 is 9.64 Å². The van der Waals surface area contributed by atoms with Gasteiger partial charge in [0.15, 0.2) is 0 Å². The van der Waals surface area contributed by atoms with E-state index in [1.54, 1.807) is 16.5 Å². The van der Waals surface area contributed by atoms with Gasteiger partial charge in [-0.25, -0.2) is 9.48 Å². The molecule has 1 amide bonds. The first-order valence-electron chi connectivity index (χ1n) is 10.6. The molecule has 1 aromatic heterocycles. The number of hydrogen-bond donors (Lipinski definition) is 0. The molecule has 2 aliphatic rings. The molecule has 2 aromatic rings. The molecular formula is C23H28ClN3O3. The highest BCUT2D eigenvalue weighted by molar-refractivity contribution is 6.33. The molecule has 0 bridgehead atoms. The fraction of sp³-hybridized carbons (Fsp3) is 0.522. The average molecular weight is 430 g/mol. The van der Waals surface area contributed by atoms with E-state index in [2.05, 4.69) is 5.10 Å². The highest BCUT2D eigenvalue weighted by Gasteiger charge is 2.49. The van der Waals surface area contributed by atoms with Gasteiger partial charge >= 0.3 is 5.97 Å². The van der Waals surface area contributed by atoms with Gasteiger partial charge in [0.1, 0.15) is 11.2 Å². The Morgan fingerprint density at radius 3 is 2.57 bits per heavy atom. The minimum atomic E-state index is -0.550. The lowest BCUT2D eigenvalue weighted by atomic mass is 9.84. The summed E-state index contributed by atoms with van der Waals surface area (Å²) in [6.07, 6.45) is 4.83. The van der Waals surface area contributed by atoms with E-state index >= 15 is 0 Å². The van der Waals surface area contributed by atoms with E-state index < -0.39 is 6.04 Å². The van der Waals surface area contributed by atoms with Crippen molar-refractivity contribution in [1.29, 1.82) is 0 Å². The number of benzene rings is 1. The third-order valence-electron chi connectivity index (χ3n) is 6.53. The van der Waals surface area contributed by atoms with Crippen LogP contribution in [0.4, 0.5) is 0 Å². The Hall–Kier alpha value is -2.34. The number of ether oxygens (including phenoxy) is 1. The first-order chi connectivity index (χ1) is 14.4. The van der Waals surface area contributed by atoms with Crippen LogP contribution in [0.5, 0.6) is 0 Å². The Bertz CT molecular complexity index is 953. The number of carbonyl (C=O) groups is 2. The SMILES string of the molecule is COC(=O)C1CC2CCCCC2N1C(=O)c1c(C)nn(Cc2ccc(C)cc2)c1Cl. The zero-order chi connectivity index (χ0) is 21.4. The van der Waals surface area contributed by atoms with Crippen molar-refractivity contribution >= 4 is 23.5 Å². The molecule has 30 heavy (non-hydrogen) atoms. The lowest BCUT2D eigenvalue weighted by Crippen LogP contribution is -2.46. The number of amides is 1. The van der Waals surface area contributed by atoms with Gasteiger partial charge in [0.05, 0.1) is 24.9 Å². The Morgan fingerprint density at radius 2 is 1.87 bits per heavy atom. The second-order valence-corrected chi connectivity index (χ2v) is 8.85. The summed E-state index contributed by atoms with van der Waals surface area (Å²) >= 11 is 6.66. The van der Waals surface area contributed by atoms with Gasteiger partial charge in [-0.1, -0.05) is 54.3 Å². The van der Waals surface area contributed by atoms with Gasteiger partial charge in [0.25, 0.3) is 5.91 Å². The van der Waals surface area contributed by atoms with Crippen LogP contribution in [0.25, 0.3) is 0 Å². The Labute approximate surface area is 182 Å². The van der Waals surface area contributed by atoms with Gasteiger partial charge in [0.2, 0.25) is 0 Å². The van der Waals surface area contributed by atoms with Gasteiger partial charge in [-0.2, -0.15) is 5.10 Å². The van der Waals surface area contributed by atoms with Crippen LogP contribution >= 0.6 is 11.6 Å². The first kappa shape index (κ1) is 20.9. The van der Waals surface area contributed by atoms with Crippen molar-refractivity contribution in [3.05, 3.63) is 51.8 Å². The van der Waals surface area contributed by atoms with E-state index in [-0.39, 0.29) is 17.9 Å². The lowest BCUT2D eigenvalue weighted by Gasteiger charge is -2.33. The molecule has 160 valence electrons. The van der Waals surface area contributed by atoms with Gasteiger partial charge in [-0.05, 0) is 44.6 Å². The molecule has 1 saturated heterocycles. The van der Waals surface area contributed by atoms with Gasteiger partial charge in [-0.3, -0.25) is 4.79 Å². The largest absolute Gasteiger partial charge is 0.467 e. The van der Waals surface area contributed by atoms with E-state index in [0.717, 1.165) is 31.2 Å². The van der Waals surface area contributed by atoms with Crippen molar-refractivity contribution in [2.24, 2.45) is 5.92 Å². The summed E-state index contributed by atoms with van der Waals surface area (Å²) in [4.78, 5) is 27.9. The highest BCUT2D eigenvalue weighted by Crippen LogP contribution is 2.41. The number of esters is 1. The molecule has 3 atom stereocenters. The van der Waals surface area contributed by atoms with Crippen molar-refractivity contribution in [2.75, 3.05) is 7.11 Å². The summed E-state index contributed by atoms with van der Waals surface area (Å²) in [7, 11) is 1.38. The molecule has 1 aromatic carbocycles. The molecule has 1 aliphatic carbocycles. The first-order valence-corrected chi connectivity index (χ1v) is 11.0. The Kier molecular flexibility index (Phi) is 5.87. The molecular weight excluding hydrogens is 402 g/mol. The van der Waals surface area contributed by atoms with Crippen molar-refractivity contribution in [2.45, 2.75) is 64.6 Å². The van der Waals surface area contributed by atoms with Crippen molar-refractivity contribution in [3.8, 4) is 0 Å². The maximum absolute atomic E-state index is 13.7. The molecule has 3 unspecified atom stereocenters. The standard InChI is InChI=1S/C23H28ClN3O3/c1-14-8-10-16(11-9-14)13-26-21(24)20(15(2)25-26)22(28)27-18-7-5-4-6-17(18)12-19(27)23(29)30-3/h8-11,17-19H,4-7,12-13H2,1-3H3. The molecule has 1 saturated carbocycles. The van der Waals surface area contributed by atoms with Crippen molar-refractivity contribution < 1.29 is 14.3 Å². The fourth-order valence-electron chi connectivity index (χ4n) is 5.00. The monoisotopic (exact) mass is 429 g/mol. The predicted octanol–water partition coefficient (Wildman–Crippen LogP) is 4.15. The number of methoxy groups -OCH3 is 1. The van der Waals surface area contributed by atoms with Crippen LogP contribution in [-0.4, -0.2) is 45.8 Å². The zero-order valence-corrected chi connectivity index (χ0v) is 18.5. The number of fused-ring (bicyclic) bond motifs is 1. The van der Waals surface area contributed by atoms with Crippen LogP contribution in [0.3, 0.4) is 0 Å². The summed E-state index contributed by atoms with van der Waals surface area (Å²) < 4.78 is 6.69. The average Bonchev–Trinajstić information content (AvgIpc) is 3.26. The number of halogens is 1. The van der Waals surface area contributed by atoms with Gasteiger partial charge in [-0.15, -0.1) is 0 Å². The summed E-state index contributed by atoms with van der Waals surface area (Å²) in [5, 5.41) is 4.86. The quantitative estimate of drug-likeness (QED) is 0.685. The lowest BCUT2D eigenvalue weighted by molar-refractivity contribution is -0.145. The summed E-state index contributed by atoms with van der Waals surface area (Å²) in [5.41, 5.74) is 3.22. The van der Waals surface area contributed by atoms with E-state index in [1.807, 2.05) is 31.2 Å². The molecule has 0 N–H and O–H groups in total. The minimum absolute atomic E-state index is 0.0614. The molecule has 2 fully saturated rings. The van der Waals surface area contributed by atoms with E-state index in [1.165, 1.54) is 12.7 Å². The molecule has 6 nitrogen and oxygen atoms in total. The number of nitrogens with zero attached hydrogens (tertiary/aromatic N) is 3. The summed E-state index contributed by atoms with van der Waals surface area (Å²) in [5.74, 6) is -0.218. The number of carbonyl (C=O) groups excluding carboxylic acids is 2. The second kappa shape index (κ2) is 8.42. The smallest absolute Gasteiger partial charge is 0.328 e. The Balaban J connectivity index is 1.65. The molecule has 4 rings (SSSR count). The number of rotatable bonds is 4. The van der Waals surface area contributed by atoms with E-state index in [0.29, 0.717) is 35.3 Å².